The summed E-state index contributed by atoms with van der Waals surface area (Å²) in [6, 6.07) is 17.3. The van der Waals surface area contributed by atoms with Crippen molar-refractivity contribution in [1.29, 1.82) is 0 Å². The number of aromatic carboxylic acids is 1. The summed E-state index contributed by atoms with van der Waals surface area (Å²) >= 11 is 0. The van der Waals surface area contributed by atoms with Crippen LogP contribution in [-0.2, 0) is 14.0 Å². The van der Waals surface area contributed by atoms with Crippen LogP contribution in [0.25, 0.3) is 17.2 Å². The molecular formula is C30H30BFN2O6. The number of ether oxygens (including phenoxy) is 1. The Bertz CT molecular complexity index is 1440. The Morgan fingerprint density at radius 1 is 1.05 bits per heavy atom. The van der Waals surface area contributed by atoms with Crippen molar-refractivity contribution < 1.29 is 33.1 Å². The summed E-state index contributed by atoms with van der Waals surface area (Å²) in [5.41, 5.74) is 3.39. The fourth-order valence-electron chi connectivity index (χ4n) is 4.93. The number of aromatic nitrogens is 1. The SMILES string of the molecule is CC1(C)OB(C(=Cc2cnc(F)c(C(=O)O)c2)CNC(=O)OCC2c3ccccc3-c3ccccc32)OC1(C)C. The highest BCUT2D eigenvalue weighted by atomic mass is 19.1. The molecule has 10 heteroatoms. The lowest BCUT2D eigenvalue weighted by atomic mass is 9.77. The number of nitrogens with zero attached hydrogens (tertiary/aromatic N) is 1. The molecule has 206 valence electrons. The number of alkyl carbamates (subject to hydrolysis) is 1. The van der Waals surface area contributed by atoms with Gasteiger partial charge in [-0.2, -0.15) is 4.39 Å². The van der Waals surface area contributed by atoms with Crippen LogP contribution in [0.4, 0.5) is 9.18 Å². The zero-order valence-corrected chi connectivity index (χ0v) is 22.7. The fourth-order valence-corrected chi connectivity index (χ4v) is 4.93. The Hall–Kier alpha value is -4.02. The molecule has 0 bridgehead atoms. The van der Waals surface area contributed by atoms with E-state index in [0.29, 0.717) is 11.0 Å². The monoisotopic (exact) mass is 544 g/mol. The minimum absolute atomic E-state index is 0.0206. The molecule has 0 radical (unpaired) electrons. The van der Waals surface area contributed by atoms with E-state index in [4.69, 9.17) is 14.0 Å². The lowest BCUT2D eigenvalue weighted by molar-refractivity contribution is 0.00578. The van der Waals surface area contributed by atoms with E-state index >= 15 is 0 Å². The molecule has 2 aliphatic rings. The number of carboxylic acids is 1. The normalized spacial score (nSPS) is 17.3. The second kappa shape index (κ2) is 10.5. The van der Waals surface area contributed by atoms with Gasteiger partial charge in [-0.25, -0.2) is 14.6 Å². The highest BCUT2D eigenvalue weighted by Crippen LogP contribution is 2.44. The summed E-state index contributed by atoms with van der Waals surface area (Å²) in [6.07, 6.45) is 2.15. The zero-order chi connectivity index (χ0) is 28.7. The first-order chi connectivity index (χ1) is 19.0. The molecule has 0 saturated carbocycles. The van der Waals surface area contributed by atoms with Crippen molar-refractivity contribution in [2.75, 3.05) is 13.2 Å². The van der Waals surface area contributed by atoms with Crippen LogP contribution in [0.5, 0.6) is 0 Å². The summed E-state index contributed by atoms with van der Waals surface area (Å²) in [5.74, 6) is -2.61. The number of benzene rings is 2. The van der Waals surface area contributed by atoms with E-state index < -0.39 is 41.9 Å². The molecule has 2 aromatic carbocycles. The van der Waals surface area contributed by atoms with Crippen molar-refractivity contribution in [3.63, 3.8) is 0 Å². The minimum atomic E-state index is -1.44. The molecule has 0 atom stereocenters. The summed E-state index contributed by atoms with van der Waals surface area (Å²) in [6.45, 7) is 7.71. The number of carbonyl (C=O) groups excluding carboxylic acids is 1. The van der Waals surface area contributed by atoms with Gasteiger partial charge in [-0.3, -0.25) is 0 Å². The molecule has 1 amide bonds. The van der Waals surface area contributed by atoms with Crippen LogP contribution in [-0.4, -0.2) is 53.6 Å². The van der Waals surface area contributed by atoms with E-state index in [9.17, 15) is 19.1 Å². The predicted octanol–water partition coefficient (Wildman–Crippen LogP) is 5.47. The van der Waals surface area contributed by atoms with E-state index in [0.717, 1.165) is 22.3 Å². The van der Waals surface area contributed by atoms with Gasteiger partial charge < -0.3 is 24.5 Å². The van der Waals surface area contributed by atoms with Gasteiger partial charge in [0.15, 0.2) is 0 Å². The fraction of sp³-hybridized carbons (Fsp3) is 0.300. The molecule has 1 saturated heterocycles. The summed E-state index contributed by atoms with van der Waals surface area (Å²) in [5, 5.41) is 12.1. The third-order valence-corrected chi connectivity index (χ3v) is 7.78. The second-order valence-corrected chi connectivity index (χ2v) is 10.9. The van der Waals surface area contributed by atoms with Gasteiger partial charge in [-0.05, 0) is 67.1 Å². The molecule has 2 N–H and O–H groups in total. The Labute approximate surface area is 232 Å². The number of nitrogens with one attached hydrogen (secondary N) is 1. The molecule has 1 aromatic heterocycles. The van der Waals surface area contributed by atoms with Crippen molar-refractivity contribution in [1.82, 2.24) is 10.3 Å². The average molecular weight is 544 g/mol. The molecule has 1 fully saturated rings. The van der Waals surface area contributed by atoms with E-state index in [1.807, 2.05) is 64.1 Å². The number of amides is 1. The number of carbonyl (C=O) groups is 2. The van der Waals surface area contributed by atoms with Crippen molar-refractivity contribution in [2.24, 2.45) is 0 Å². The quantitative estimate of drug-likeness (QED) is 0.300. The molecule has 0 spiro atoms. The van der Waals surface area contributed by atoms with Gasteiger partial charge in [-0.15, -0.1) is 0 Å². The molecule has 1 aliphatic carbocycles. The average Bonchev–Trinajstić information content (AvgIpc) is 3.35. The van der Waals surface area contributed by atoms with Crippen molar-refractivity contribution in [3.05, 3.63) is 94.5 Å². The van der Waals surface area contributed by atoms with Crippen LogP contribution in [0.15, 0.2) is 66.3 Å². The number of hydrogen-bond donors (Lipinski definition) is 2. The van der Waals surface area contributed by atoms with Crippen LogP contribution < -0.4 is 5.32 Å². The van der Waals surface area contributed by atoms with Crippen LogP contribution in [0.1, 0.15) is 60.7 Å². The summed E-state index contributed by atoms with van der Waals surface area (Å²) in [7, 11) is -0.850. The van der Waals surface area contributed by atoms with Crippen LogP contribution in [0.3, 0.4) is 0 Å². The zero-order valence-electron chi connectivity index (χ0n) is 22.7. The number of hydrogen-bond acceptors (Lipinski definition) is 6. The number of halogens is 1. The Balaban J connectivity index is 1.33. The third-order valence-electron chi connectivity index (χ3n) is 7.78. The number of fused-ring (bicyclic) bond motifs is 3. The minimum Gasteiger partial charge on any atom is -0.478 e. The second-order valence-electron chi connectivity index (χ2n) is 10.9. The van der Waals surface area contributed by atoms with Crippen LogP contribution in [0.2, 0.25) is 0 Å². The van der Waals surface area contributed by atoms with Gasteiger partial charge in [0.05, 0.1) is 11.2 Å². The molecule has 0 unspecified atom stereocenters. The smallest absolute Gasteiger partial charge is 0.478 e. The molecule has 8 nitrogen and oxygen atoms in total. The van der Waals surface area contributed by atoms with Gasteiger partial charge in [0.1, 0.15) is 12.2 Å². The maximum absolute atomic E-state index is 13.9. The standard InChI is InChI=1S/C30H30BFN2O6/c1-29(2)30(3,4)40-31(39-29)19(13-18-14-24(27(35)36)26(32)33-15-18)16-34-28(37)38-17-25-22-11-7-5-9-20(22)21-10-6-8-12-23(21)25/h5-15,25H,16-17H2,1-4H3,(H,34,37)(H,35,36). The van der Waals surface area contributed by atoms with E-state index in [-0.39, 0.29) is 19.1 Å². The first kappa shape index (κ1) is 27.5. The number of pyridine rings is 1. The molecular weight excluding hydrogens is 514 g/mol. The molecule has 40 heavy (non-hydrogen) atoms. The Morgan fingerprint density at radius 2 is 1.62 bits per heavy atom. The molecule has 5 rings (SSSR count). The van der Waals surface area contributed by atoms with E-state index in [2.05, 4.69) is 22.4 Å². The first-order valence-corrected chi connectivity index (χ1v) is 13.0. The van der Waals surface area contributed by atoms with E-state index in [1.54, 1.807) is 6.08 Å². The Kier molecular flexibility index (Phi) is 7.24. The van der Waals surface area contributed by atoms with Gasteiger partial charge in [0.25, 0.3) is 0 Å². The van der Waals surface area contributed by atoms with Crippen molar-refractivity contribution >= 4 is 25.3 Å². The summed E-state index contributed by atoms with van der Waals surface area (Å²) in [4.78, 5) is 27.8. The molecule has 3 aromatic rings. The van der Waals surface area contributed by atoms with Gasteiger partial charge in [-0.1, -0.05) is 54.6 Å². The molecule has 1 aliphatic heterocycles. The maximum atomic E-state index is 13.9. The molecule has 2 heterocycles. The van der Waals surface area contributed by atoms with Crippen molar-refractivity contribution in [2.45, 2.75) is 44.8 Å². The maximum Gasteiger partial charge on any atom is 0.492 e. The first-order valence-electron chi connectivity index (χ1n) is 13.0. The van der Waals surface area contributed by atoms with Crippen LogP contribution in [0, 0.1) is 5.95 Å². The van der Waals surface area contributed by atoms with Crippen LogP contribution >= 0.6 is 0 Å². The highest BCUT2D eigenvalue weighted by Gasteiger charge is 2.52. The lowest BCUT2D eigenvalue weighted by Crippen LogP contribution is -2.41. The van der Waals surface area contributed by atoms with E-state index in [1.165, 1.54) is 12.3 Å². The number of rotatable bonds is 7. The largest absolute Gasteiger partial charge is 0.492 e. The number of carboxylic acid groups (broad SMARTS) is 1. The van der Waals surface area contributed by atoms with Gasteiger partial charge in [0, 0.05) is 18.7 Å². The van der Waals surface area contributed by atoms with Crippen molar-refractivity contribution in [3.8, 4) is 11.1 Å². The third kappa shape index (κ3) is 5.24. The Morgan fingerprint density at radius 3 is 2.20 bits per heavy atom. The predicted molar refractivity (Wildman–Crippen MR) is 148 cm³/mol. The highest BCUT2D eigenvalue weighted by molar-refractivity contribution is 6.56. The van der Waals surface area contributed by atoms with Gasteiger partial charge >= 0.3 is 19.2 Å². The summed E-state index contributed by atoms with van der Waals surface area (Å²) < 4.78 is 31.8. The topological polar surface area (TPSA) is 107 Å². The van der Waals surface area contributed by atoms with Gasteiger partial charge in [0.2, 0.25) is 5.95 Å². The lowest BCUT2D eigenvalue weighted by Gasteiger charge is -2.32.